The van der Waals surface area contributed by atoms with Crippen molar-refractivity contribution in [2.75, 3.05) is 37.0 Å². The second kappa shape index (κ2) is 9.78. The molecule has 6 nitrogen and oxygen atoms in total. The minimum atomic E-state index is 0. The van der Waals surface area contributed by atoms with Crippen LogP contribution in [0.3, 0.4) is 0 Å². The Hall–Kier alpha value is -1.79. The first-order valence-corrected chi connectivity index (χ1v) is 9.16. The third kappa shape index (κ3) is 5.11. The molecule has 2 amide bonds. The Bertz CT molecular complexity index is 632. The van der Waals surface area contributed by atoms with Crippen molar-refractivity contribution in [1.82, 2.24) is 5.32 Å². The molecule has 3 rings (SSSR count). The van der Waals surface area contributed by atoms with Crippen molar-refractivity contribution >= 4 is 35.6 Å². The molecule has 2 N–H and O–H groups in total. The SMILES string of the molecule is COc1ccc(NC(=O)CCC2CCNC2)cc1N1CCCCC1=O.Cl. The van der Waals surface area contributed by atoms with Crippen molar-refractivity contribution in [3.8, 4) is 5.75 Å². The lowest BCUT2D eigenvalue weighted by atomic mass is 10.0. The van der Waals surface area contributed by atoms with Gasteiger partial charge in [0.05, 0.1) is 12.8 Å². The molecule has 1 atom stereocenters. The molecule has 1 unspecified atom stereocenters. The van der Waals surface area contributed by atoms with Crippen LogP contribution in [0.1, 0.15) is 38.5 Å². The molecule has 144 valence electrons. The van der Waals surface area contributed by atoms with Gasteiger partial charge in [-0.2, -0.15) is 0 Å². The second-order valence-electron chi connectivity index (χ2n) is 6.83. The van der Waals surface area contributed by atoms with E-state index in [4.69, 9.17) is 4.74 Å². The molecule has 0 saturated carbocycles. The molecule has 1 aromatic rings. The monoisotopic (exact) mass is 381 g/mol. The molecule has 0 aliphatic carbocycles. The number of nitrogens with zero attached hydrogens (tertiary/aromatic N) is 1. The number of amides is 2. The van der Waals surface area contributed by atoms with Gasteiger partial charge in [-0.05, 0) is 62.9 Å². The zero-order valence-corrected chi connectivity index (χ0v) is 16.1. The number of hydrogen-bond acceptors (Lipinski definition) is 4. The van der Waals surface area contributed by atoms with Gasteiger partial charge in [0.25, 0.3) is 0 Å². The number of carbonyl (C=O) groups excluding carboxylic acids is 2. The highest BCUT2D eigenvalue weighted by molar-refractivity contribution is 5.97. The summed E-state index contributed by atoms with van der Waals surface area (Å²) in [4.78, 5) is 26.2. The van der Waals surface area contributed by atoms with E-state index in [0.717, 1.165) is 44.5 Å². The van der Waals surface area contributed by atoms with E-state index in [1.807, 2.05) is 18.2 Å². The van der Waals surface area contributed by atoms with Crippen LogP contribution in [0.15, 0.2) is 18.2 Å². The van der Waals surface area contributed by atoms with Gasteiger partial charge in [0, 0.05) is 25.1 Å². The summed E-state index contributed by atoms with van der Waals surface area (Å²) in [5.41, 5.74) is 1.45. The fraction of sp³-hybridized carbons (Fsp3) is 0.579. The summed E-state index contributed by atoms with van der Waals surface area (Å²) in [6, 6.07) is 5.48. The number of nitrogens with one attached hydrogen (secondary N) is 2. The molecule has 2 heterocycles. The maximum atomic E-state index is 12.2. The molecule has 2 aliphatic heterocycles. The Morgan fingerprint density at radius 3 is 2.92 bits per heavy atom. The fourth-order valence-electron chi connectivity index (χ4n) is 3.56. The quantitative estimate of drug-likeness (QED) is 0.794. The molecule has 2 fully saturated rings. The molecule has 2 aliphatic rings. The van der Waals surface area contributed by atoms with Crippen LogP contribution in [0.4, 0.5) is 11.4 Å². The van der Waals surface area contributed by atoms with Crippen LogP contribution in [-0.4, -0.2) is 38.6 Å². The average molecular weight is 382 g/mol. The number of hydrogen-bond donors (Lipinski definition) is 2. The summed E-state index contributed by atoms with van der Waals surface area (Å²) in [6.45, 7) is 2.76. The van der Waals surface area contributed by atoms with Crippen molar-refractivity contribution in [3.05, 3.63) is 18.2 Å². The van der Waals surface area contributed by atoms with Crippen molar-refractivity contribution < 1.29 is 14.3 Å². The molecule has 7 heteroatoms. The third-order valence-corrected chi connectivity index (χ3v) is 5.02. The first kappa shape index (κ1) is 20.5. The van der Waals surface area contributed by atoms with Gasteiger partial charge in [0.1, 0.15) is 5.75 Å². The third-order valence-electron chi connectivity index (χ3n) is 5.02. The highest BCUT2D eigenvalue weighted by Gasteiger charge is 2.23. The van der Waals surface area contributed by atoms with Gasteiger partial charge in [-0.15, -0.1) is 12.4 Å². The number of carbonyl (C=O) groups is 2. The summed E-state index contributed by atoms with van der Waals surface area (Å²) in [6.07, 6.45) is 5.07. The highest BCUT2D eigenvalue weighted by atomic mass is 35.5. The van der Waals surface area contributed by atoms with Crippen LogP contribution in [-0.2, 0) is 9.59 Å². The van der Waals surface area contributed by atoms with E-state index in [0.29, 0.717) is 36.7 Å². The number of halogens is 1. The molecule has 1 aromatic carbocycles. The first-order valence-electron chi connectivity index (χ1n) is 9.16. The van der Waals surface area contributed by atoms with Crippen LogP contribution in [0.5, 0.6) is 5.75 Å². The zero-order chi connectivity index (χ0) is 17.6. The molecule has 0 bridgehead atoms. The van der Waals surface area contributed by atoms with Gasteiger partial charge in [-0.3, -0.25) is 9.59 Å². The van der Waals surface area contributed by atoms with E-state index in [-0.39, 0.29) is 24.2 Å². The lowest BCUT2D eigenvalue weighted by Gasteiger charge is -2.28. The number of ether oxygens (including phenoxy) is 1. The predicted molar refractivity (Wildman–Crippen MR) is 105 cm³/mol. The summed E-state index contributed by atoms with van der Waals surface area (Å²) < 4.78 is 5.41. The lowest BCUT2D eigenvalue weighted by Crippen LogP contribution is -2.35. The molecule has 0 spiro atoms. The van der Waals surface area contributed by atoms with E-state index in [1.165, 1.54) is 0 Å². The van der Waals surface area contributed by atoms with Crippen LogP contribution >= 0.6 is 12.4 Å². The van der Waals surface area contributed by atoms with Gasteiger partial charge in [0.2, 0.25) is 11.8 Å². The minimum Gasteiger partial charge on any atom is -0.495 e. The summed E-state index contributed by atoms with van der Waals surface area (Å²) in [5, 5.41) is 6.28. The zero-order valence-electron chi connectivity index (χ0n) is 15.3. The summed E-state index contributed by atoms with van der Waals surface area (Å²) in [7, 11) is 1.60. The van der Waals surface area contributed by atoms with Crippen molar-refractivity contribution in [1.29, 1.82) is 0 Å². The van der Waals surface area contributed by atoms with E-state index in [9.17, 15) is 9.59 Å². The van der Waals surface area contributed by atoms with Crippen LogP contribution in [0, 0.1) is 5.92 Å². The largest absolute Gasteiger partial charge is 0.495 e. The normalized spacial score (nSPS) is 19.8. The molecular formula is C19H28ClN3O3. The highest BCUT2D eigenvalue weighted by Crippen LogP contribution is 2.33. The second-order valence-corrected chi connectivity index (χ2v) is 6.83. The van der Waals surface area contributed by atoms with Gasteiger partial charge in [-0.25, -0.2) is 0 Å². The Labute approximate surface area is 161 Å². The van der Waals surface area contributed by atoms with Crippen molar-refractivity contribution in [2.45, 2.75) is 38.5 Å². The van der Waals surface area contributed by atoms with Crippen LogP contribution in [0.2, 0.25) is 0 Å². The smallest absolute Gasteiger partial charge is 0.227 e. The van der Waals surface area contributed by atoms with Crippen molar-refractivity contribution in [2.24, 2.45) is 5.92 Å². The van der Waals surface area contributed by atoms with Crippen LogP contribution < -0.4 is 20.3 Å². The topological polar surface area (TPSA) is 70.7 Å². The van der Waals surface area contributed by atoms with Gasteiger partial charge < -0.3 is 20.3 Å². The Morgan fingerprint density at radius 1 is 1.38 bits per heavy atom. The Kier molecular flexibility index (Phi) is 7.72. The van der Waals surface area contributed by atoms with E-state index < -0.39 is 0 Å². The maximum absolute atomic E-state index is 12.2. The van der Waals surface area contributed by atoms with E-state index in [1.54, 1.807) is 12.0 Å². The van der Waals surface area contributed by atoms with Crippen molar-refractivity contribution in [3.63, 3.8) is 0 Å². The average Bonchev–Trinajstić information content (AvgIpc) is 3.14. The van der Waals surface area contributed by atoms with Crippen LogP contribution in [0.25, 0.3) is 0 Å². The van der Waals surface area contributed by atoms with E-state index in [2.05, 4.69) is 10.6 Å². The van der Waals surface area contributed by atoms with Gasteiger partial charge in [0.15, 0.2) is 0 Å². The van der Waals surface area contributed by atoms with Gasteiger partial charge >= 0.3 is 0 Å². The predicted octanol–water partition coefficient (Wildman–Crippen LogP) is 2.96. The van der Waals surface area contributed by atoms with E-state index >= 15 is 0 Å². The lowest BCUT2D eigenvalue weighted by molar-refractivity contribution is -0.119. The molecule has 26 heavy (non-hydrogen) atoms. The first-order chi connectivity index (χ1) is 12.2. The summed E-state index contributed by atoms with van der Waals surface area (Å²) >= 11 is 0. The molecule has 2 saturated heterocycles. The summed E-state index contributed by atoms with van der Waals surface area (Å²) in [5.74, 6) is 1.39. The Balaban J connectivity index is 0.00000243. The molecule has 0 aromatic heterocycles. The standard InChI is InChI=1S/C19H27N3O3.ClH/c1-25-17-7-6-15(12-16(17)22-11-3-2-4-19(22)24)21-18(23)8-5-14-9-10-20-13-14;/h6-7,12,14,20H,2-5,8-11,13H2,1H3,(H,21,23);1H. The van der Waals surface area contributed by atoms with Gasteiger partial charge in [-0.1, -0.05) is 0 Å². The number of piperidine rings is 1. The maximum Gasteiger partial charge on any atom is 0.227 e. The fourth-order valence-corrected chi connectivity index (χ4v) is 3.56. The molecular weight excluding hydrogens is 354 g/mol. The Morgan fingerprint density at radius 2 is 2.23 bits per heavy atom. The molecule has 0 radical (unpaired) electrons. The number of rotatable bonds is 6. The number of methoxy groups -OCH3 is 1. The number of anilines is 2. The minimum absolute atomic E-state index is 0. The number of benzene rings is 1.